The third-order valence-corrected chi connectivity index (χ3v) is 5.72. The molecule has 0 bridgehead atoms. The van der Waals surface area contributed by atoms with Crippen LogP contribution in [0, 0.1) is 0 Å². The van der Waals surface area contributed by atoms with Crippen LogP contribution in [0.25, 0.3) is 0 Å². The van der Waals surface area contributed by atoms with E-state index in [1.807, 2.05) is 40.7 Å². The Morgan fingerprint density at radius 3 is 2.77 bits per heavy atom. The minimum absolute atomic E-state index is 0.0751. The summed E-state index contributed by atoms with van der Waals surface area (Å²) in [7, 11) is 0. The number of hydrogen-bond acceptors (Lipinski definition) is 5. The van der Waals surface area contributed by atoms with Gasteiger partial charge < -0.3 is 9.84 Å². The number of ether oxygens (including phenoxy) is 1. The number of hydrazone groups is 1. The lowest BCUT2D eigenvalue weighted by atomic mass is 9.96. The van der Waals surface area contributed by atoms with Crippen LogP contribution in [-0.4, -0.2) is 15.8 Å². The molecule has 0 saturated heterocycles. The summed E-state index contributed by atoms with van der Waals surface area (Å²) in [6.07, 6.45) is 0.511. The van der Waals surface area contributed by atoms with Crippen LogP contribution in [0.2, 0.25) is 5.02 Å². The van der Waals surface area contributed by atoms with Crippen molar-refractivity contribution in [3.05, 3.63) is 81.0 Å². The number of rotatable bonds is 2. The summed E-state index contributed by atoms with van der Waals surface area (Å²) in [4.78, 5) is 0. The molecule has 3 heterocycles. The van der Waals surface area contributed by atoms with Gasteiger partial charge in [0.05, 0.1) is 11.8 Å². The first kappa shape index (κ1) is 15.7. The Morgan fingerprint density at radius 2 is 2.00 bits per heavy atom. The second-order valence-corrected chi connectivity index (χ2v) is 7.62. The fourth-order valence-corrected chi connectivity index (χ4v) is 4.37. The standard InChI is InChI=1S/C20H15ClN2O2S/c21-14-3-6-19-16(9-14)18-10-17(12-1-4-15(24)5-2-12)22-23(18)20(25-19)13-7-8-26-11-13/h1-9,11,18,20,24H,10H2/t18-,20+/m1/s1. The van der Waals surface area contributed by atoms with E-state index in [4.69, 9.17) is 21.4 Å². The Kier molecular flexibility index (Phi) is 3.65. The van der Waals surface area contributed by atoms with E-state index in [1.54, 1.807) is 23.5 Å². The molecule has 0 saturated carbocycles. The van der Waals surface area contributed by atoms with Crippen molar-refractivity contribution in [2.24, 2.45) is 5.10 Å². The number of phenols is 1. The van der Waals surface area contributed by atoms with Crippen molar-refractivity contribution in [2.75, 3.05) is 0 Å². The fourth-order valence-electron chi connectivity index (χ4n) is 3.52. The molecular weight excluding hydrogens is 368 g/mol. The molecule has 5 rings (SSSR count). The molecule has 4 nitrogen and oxygen atoms in total. The van der Waals surface area contributed by atoms with E-state index >= 15 is 0 Å². The molecule has 0 amide bonds. The Balaban J connectivity index is 1.60. The van der Waals surface area contributed by atoms with Gasteiger partial charge in [-0.05, 0) is 64.9 Å². The van der Waals surface area contributed by atoms with Crippen LogP contribution in [0.4, 0.5) is 0 Å². The summed E-state index contributed by atoms with van der Waals surface area (Å²) >= 11 is 7.88. The Bertz CT molecular complexity index is 986. The first-order chi connectivity index (χ1) is 12.7. The molecule has 2 aromatic carbocycles. The molecule has 2 aliphatic heterocycles. The predicted octanol–water partition coefficient (Wildman–Crippen LogP) is 5.35. The van der Waals surface area contributed by atoms with E-state index in [-0.39, 0.29) is 18.0 Å². The first-order valence-corrected chi connectivity index (χ1v) is 9.64. The summed E-state index contributed by atoms with van der Waals surface area (Å²) in [5.74, 6) is 1.11. The maximum Gasteiger partial charge on any atom is 0.214 e. The number of halogens is 1. The van der Waals surface area contributed by atoms with Gasteiger partial charge in [0.15, 0.2) is 0 Å². The largest absolute Gasteiger partial charge is 0.508 e. The van der Waals surface area contributed by atoms with Crippen molar-refractivity contribution < 1.29 is 9.84 Å². The molecule has 2 aliphatic rings. The van der Waals surface area contributed by atoms with E-state index in [1.165, 1.54) is 0 Å². The van der Waals surface area contributed by atoms with E-state index in [2.05, 4.69) is 11.4 Å². The number of nitrogens with zero attached hydrogens (tertiary/aromatic N) is 2. The maximum atomic E-state index is 9.55. The van der Waals surface area contributed by atoms with E-state index in [0.29, 0.717) is 5.02 Å². The van der Waals surface area contributed by atoms with Crippen molar-refractivity contribution in [1.82, 2.24) is 5.01 Å². The first-order valence-electron chi connectivity index (χ1n) is 8.32. The van der Waals surface area contributed by atoms with Crippen LogP contribution in [-0.2, 0) is 0 Å². The molecule has 130 valence electrons. The Hall–Kier alpha value is -2.50. The third-order valence-electron chi connectivity index (χ3n) is 4.78. The van der Waals surface area contributed by atoms with E-state index in [0.717, 1.165) is 34.6 Å². The second kappa shape index (κ2) is 6.04. The zero-order valence-electron chi connectivity index (χ0n) is 13.7. The van der Waals surface area contributed by atoms with Crippen molar-refractivity contribution in [3.63, 3.8) is 0 Å². The van der Waals surface area contributed by atoms with Crippen LogP contribution in [0.1, 0.15) is 35.4 Å². The molecule has 3 aromatic rings. The molecule has 2 atom stereocenters. The lowest BCUT2D eigenvalue weighted by Gasteiger charge is -2.37. The third kappa shape index (κ3) is 2.55. The monoisotopic (exact) mass is 382 g/mol. The SMILES string of the molecule is Oc1ccc(C2=NN3[C@H](C2)c2cc(Cl)ccc2O[C@H]3c2ccsc2)cc1. The van der Waals surface area contributed by atoms with Crippen molar-refractivity contribution in [1.29, 1.82) is 0 Å². The average Bonchev–Trinajstić information content (AvgIpc) is 3.32. The van der Waals surface area contributed by atoms with Gasteiger partial charge in [0, 0.05) is 22.6 Å². The Labute approximate surface area is 159 Å². The minimum Gasteiger partial charge on any atom is -0.508 e. The predicted molar refractivity (Wildman–Crippen MR) is 103 cm³/mol. The van der Waals surface area contributed by atoms with Gasteiger partial charge in [-0.2, -0.15) is 16.4 Å². The van der Waals surface area contributed by atoms with Gasteiger partial charge in [-0.15, -0.1) is 0 Å². The zero-order valence-corrected chi connectivity index (χ0v) is 15.2. The minimum atomic E-state index is -0.255. The highest BCUT2D eigenvalue weighted by molar-refractivity contribution is 7.07. The van der Waals surface area contributed by atoms with Gasteiger partial charge in [-0.1, -0.05) is 11.6 Å². The van der Waals surface area contributed by atoms with Gasteiger partial charge in [0.25, 0.3) is 0 Å². The highest BCUT2D eigenvalue weighted by Gasteiger charge is 2.41. The molecule has 0 aliphatic carbocycles. The normalized spacial score (nSPS) is 21.0. The Morgan fingerprint density at radius 1 is 1.15 bits per heavy atom. The van der Waals surface area contributed by atoms with Gasteiger partial charge in [0.1, 0.15) is 11.5 Å². The molecule has 26 heavy (non-hydrogen) atoms. The molecule has 1 N–H and O–H groups in total. The van der Waals surface area contributed by atoms with Gasteiger partial charge in [-0.25, -0.2) is 5.01 Å². The lowest BCUT2D eigenvalue weighted by molar-refractivity contribution is -0.0187. The summed E-state index contributed by atoms with van der Waals surface area (Å²) in [5, 5.41) is 21.3. The van der Waals surface area contributed by atoms with Crippen LogP contribution < -0.4 is 4.74 Å². The fraction of sp³-hybridized carbons (Fsp3) is 0.150. The van der Waals surface area contributed by atoms with Crippen LogP contribution in [0.15, 0.2) is 64.4 Å². The molecule has 0 unspecified atom stereocenters. The van der Waals surface area contributed by atoms with E-state index < -0.39 is 0 Å². The molecular formula is C20H15ClN2O2S. The molecule has 0 spiro atoms. The zero-order chi connectivity index (χ0) is 17.7. The second-order valence-electron chi connectivity index (χ2n) is 6.40. The summed E-state index contributed by atoms with van der Waals surface area (Å²) in [6.45, 7) is 0. The highest BCUT2D eigenvalue weighted by atomic mass is 35.5. The van der Waals surface area contributed by atoms with Crippen LogP contribution in [0.3, 0.4) is 0 Å². The summed E-state index contributed by atoms with van der Waals surface area (Å²) < 4.78 is 6.28. The molecule has 6 heteroatoms. The highest BCUT2D eigenvalue weighted by Crippen LogP contribution is 2.48. The smallest absolute Gasteiger partial charge is 0.214 e. The van der Waals surface area contributed by atoms with Gasteiger partial charge >= 0.3 is 0 Å². The number of phenolic OH excluding ortho intramolecular Hbond substituents is 1. The lowest BCUT2D eigenvalue weighted by Crippen LogP contribution is -2.33. The number of benzene rings is 2. The van der Waals surface area contributed by atoms with Crippen LogP contribution >= 0.6 is 22.9 Å². The summed E-state index contributed by atoms with van der Waals surface area (Å²) in [5.41, 5.74) is 4.13. The average molecular weight is 383 g/mol. The van der Waals surface area contributed by atoms with Gasteiger partial charge in [0.2, 0.25) is 6.23 Å². The molecule has 0 radical (unpaired) electrons. The number of fused-ring (bicyclic) bond motifs is 3. The molecule has 0 fully saturated rings. The topological polar surface area (TPSA) is 45.1 Å². The number of aromatic hydroxyl groups is 1. The van der Waals surface area contributed by atoms with Crippen molar-refractivity contribution in [2.45, 2.75) is 18.7 Å². The van der Waals surface area contributed by atoms with Crippen LogP contribution in [0.5, 0.6) is 11.5 Å². The quantitative estimate of drug-likeness (QED) is 0.649. The number of hydrogen-bond donors (Lipinski definition) is 1. The summed E-state index contributed by atoms with van der Waals surface area (Å²) in [6, 6.07) is 15.1. The van der Waals surface area contributed by atoms with Crippen molar-refractivity contribution >= 4 is 28.6 Å². The number of thiophene rings is 1. The maximum absolute atomic E-state index is 9.55. The van der Waals surface area contributed by atoms with Crippen molar-refractivity contribution in [3.8, 4) is 11.5 Å². The van der Waals surface area contributed by atoms with E-state index in [9.17, 15) is 5.11 Å². The molecule has 1 aromatic heterocycles. The van der Waals surface area contributed by atoms with Gasteiger partial charge in [-0.3, -0.25) is 0 Å².